The molecule has 0 spiro atoms. The van der Waals surface area contributed by atoms with Crippen molar-refractivity contribution in [3.05, 3.63) is 71.8 Å². The molecule has 2 aliphatic rings. The summed E-state index contributed by atoms with van der Waals surface area (Å²) in [5.41, 5.74) is 0.364. The number of carbonyl (C=O) groups is 3. The van der Waals surface area contributed by atoms with E-state index in [2.05, 4.69) is 10.6 Å². The van der Waals surface area contributed by atoms with Gasteiger partial charge in [-0.3, -0.25) is 14.5 Å². The van der Waals surface area contributed by atoms with E-state index in [0.29, 0.717) is 25.1 Å². The summed E-state index contributed by atoms with van der Waals surface area (Å²) < 4.78 is 5.50. The van der Waals surface area contributed by atoms with E-state index >= 15 is 0 Å². The Kier molecular flexibility index (Phi) is 5.81. The maximum Gasteiger partial charge on any atom is 0.325 e. The number of nitrogens with one attached hydrogen (secondary N) is 2. The summed E-state index contributed by atoms with van der Waals surface area (Å²) in [6.07, 6.45) is 2.18. The van der Waals surface area contributed by atoms with Gasteiger partial charge in [0.15, 0.2) is 5.54 Å². The van der Waals surface area contributed by atoms with Crippen LogP contribution in [0, 0.1) is 0 Å². The van der Waals surface area contributed by atoms with Crippen LogP contribution in [-0.2, 0) is 26.3 Å². The number of ether oxygens (including phenoxy) is 1. The van der Waals surface area contributed by atoms with Crippen LogP contribution in [0.3, 0.4) is 0 Å². The first-order valence-corrected chi connectivity index (χ1v) is 10.2. The van der Waals surface area contributed by atoms with Gasteiger partial charge in [0.2, 0.25) is 5.91 Å². The lowest BCUT2D eigenvalue weighted by Gasteiger charge is -2.27. The minimum atomic E-state index is -1.24. The van der Waals surface area contributed by atoms with Crippen LogP contribution in [0.15, 0.2) is 60.7 Å². The summed E-state index contributed by atoms with van der Waals surface area (Å²) in [5.74, 6) is -0.799. The van der Waals surface area contributed by atoms with Crippen LogP contribution < -0.4 is 10.6 Å². The second kappa shape index (κ2) is 8.67. The van der Waals surface area contributed by atoms with Gasteiger partial charge in [-0.15, -0.1) is 0 Å². The highest BCUT2D eigenvalue weighted by Gasteiger charge is 2.52. The Morgan fingerprint density at radius 1 is 1.10 bits per heavy atom. The summed E-state index contributed by atoms with van der Waals surface area (Å²) in [6.45, 7) is 0.768. The predicted octanol–water partition coefficient (Wildman–Crippen LogP) is 1.97. The molecule has 0 bridgehead atoms. The first kappa shape index (κ1) is 20.1. The molecule has 7 nitrogen and oxygen atoms in total. The molecule has 4 amide bonds. The van der Waals surface area contributed by atoms with Crippen molar-refractivity contribution in [2.24, 2.45) is 0 Å². The molecule has 4 rings (SSSR count). The molecule has 0 saturated carbocycles. The zero-order valence-electron chi connectivity index (χ0n) is 16.7. The fourth-order valence-electron chi connectivity index (χ4n) is 4.04. The second-order valence-electron chi connectivity index (χ2n) is 7.69. The number of nitrogens with zero attached hydrogens (tertiary/aromatic N) is 1. The molecule has 2 atom stereocenters. The van der Waals surface area contributed by atoms with E-state index in [-0.39, 0.29) is 18.6 Å². The third kappa shape index (κ3) is 4.07. The number of rotatable bonds is 7. The Morgan fingerprint density at radius 2 is 1.80 bits per heavy atom. The topological polar surface area (TPSA) is 87.7 Å². The molecule has 0 aromatic heterocycles. The predicted molar refractivity (Wildman–Crippen MR) is 110 cm³/mol. The van der Waals surface area contributed by atoms with Crippen molar-refractivity contribution in [2.75, 3.05) is 19.7 Å². The molecule has 2 aliphatic heterocycles. The molecule has 0 aliphatic carbocycles. The lowest BCUT2D eigenvalue weighted by atomic mass is 9.83. The summed E-state index contributed by atoms with van der Waals surface area (Å²) in [6, 6.07) is 18.1. The number of hydrogen-bond donors (Lipinski definition) is 2. The maximum absolute atomic E-state index is 13.5. The van der Waals surface area contributed by atoms with Crippen LogP contribution >= 0.6 is 0 Å². The van der Waals surface area contributed by atoms with Gasteiger partial charge >= 0.3 is 6.03 Å². The third-order valence-corrected chi connectivity index (χ3v) is 5.61. The van der Waals surface area contributed by atoms with Crippen molar-refractivity contribution in [1.82, 2.24) is 15.5 Å². The summed E-state index contributed by atoms with van der Waals surface area (Å²) in [4.78, 5) is 39.6. The highest BCUT2D eigenvalue weighted by Crippen LogP contribution is 2.32. The quantitative estimate of drug-likeness (QED) is 0.687. The van der Waals surface area contributed by atoms with Gasteiger partial charge in [-0.2, -0.15) is 0 Å². The van der Waals surface area contributed by atoms with E-state index in [4.69, 9.17) is 4.74 Å². The molecule has 2 N–H and O–H groups in total. The molecule has 7 heteroatoms. The van der Waals surface area contributed by atoms with Crippen molar-refractivity contribution in [2.45, 2.75) is 30.9 Å². The van der Waals surface area contributed by atoms with Crippen molar-refractivity contribution >= 4 is 17.8 Å². The number of carbonyl (C=O) groups excluding carboxylic acids is 3. The van der Waals surface area contributed by atoms with Gasteiger partial charge in [0.25, 0.3) is 5.91 Å². The lowest BCUT2D eigenvalue weighted by molar-refractivity contribution is -0.135. The van der Waals surface area contributed by atoms with Crippen LogP contribution in [0.1, 0.15) is 24.0 Å². The minimum absolute atomic E-state index is 0.00135. The van der Waals surface area contributed by atoms with Crippen molar-refractivity contribution < 1.29 is 19.1 Å². The monoisotopic (exact) mass is 407 g/mol. The van der Waals surface area contributed by atoms with Crippen LogP contribution in [0.25, 0.3) is 0 Å². The summed E-state index contributed by atoms with van der Waals surface area (Å²) >= 11 is 0. The fraction of sp³-hybridized carbons (Fsp3) is 0.348. The first-order valence-electron chi connectivity index (χ1n) is 10.2. The van der Waals surface area contributed by atoms with E-state index in [1.165, 1.54) is 0 Å². The van der Waals surface area contributed by atoms with Crippen molar-refractivity contribution in [3.8, 4) is 0 Å². The van der Waals surface area contributed by atoms with Crippen LogP contribution in [0.5, 0.6) is 0 Å². The molecule has 2 fully saturated rings. The lowest BCUT2D eigenvalue weighted by Crippen LogP contribution is -2.47. The van der Waals surface area contributed by atoms with Gasteiger partial charge < -0.3 is 15.4 Å². The smallest absolute Gasteiger partial charge is 0.325 e. The average molecular weight is 407 g/mol. The van der Waals surface area contributed by atoms with E-state index in [1.54, 1.807) is 0 Å². The van der Waals surface area contributed by atoms with Gasteiger partial charge in [-0.1, -0.05) is 60.7 Å². The highest BCUT2D eigenvalue weighted by atomic mass is 16.5. The van der Waals surface area contributed by atoms with E-state index in [1.807, 2.05) is 60.7 Å². The SMILES string of the molecule is O=C(CN1C(=O)NC(Cc2ccccc2)(c2ccccc2)C1=O)NCC1CCCO1. The number of hydrogen-bond acceptors (Lipinski definition) is 4. The molecule has 0 radical (unpaired) electrons. The molecule has 156 valence electrons. The van der Waals surface area contributed by atoms with Gasteiger partial charge in [0.1, 0.15) is 6.54 Å². The van der Waals surface area contributed by atoms with Crippen LogP contribution in [0.4, 0.5) is 4.79 Å². The highest BCUT2D eigenvalue weighted by molar-refractivity contribution is 6.09. The van der Waals surface area contributed by atoms with Gasteiger partial charge in [-0.05, 0) is 24.0 Å². The van der Waals surface area contributed by atoms with Crippen LogP contribution in [0.2, 0.25) is 0 Å². The van der Waals surface area contributed by atoms with E-state index < -0.39 is 17.5 Å². The maximum atomic E-state index is 13.5. The van der Waals surface area contributed by atoms with E-state index in [9.17, 15) is 14.4 Å². The molecule has 30 heavy (non-hydrogen) atoms. The van der Waals surface area contributed by atoms with E-state index in [0.717, 1.165) is 23.3 Å². The third-order valence-electron chi connectivity index (χ3n) is 5.61. The Bertz CT molecular complexity index is 913. The Labute approximate surface area is 175 Å². The minimum Gasteiger partial charge on any atom is -0.376 e. The van der Waals surface area contributed by atoms with Gasteiger partial charge in [0, 0.05) is 19.6 Å². The Balaban J connectivity index is 1.53. The Hall–Kier alpha value is -3.19. The van der Waals surface area contributed by atoms with Crippen molar-refractivity contribution in [3.63, 3.8) is 0 Å². The zero-order chi connectivity index (χ0) is 21.0. The fourth-order valence-corrected chi connectivity index (χ4v) is 4.04. The first-order chi connectivity index (χ1) is 14.6. The average Bonchev–Trinajstić information content (AvgIpc) is 3.37. The zero-order valence-corrected chi connectivity index (χ0v) is 16.7. The molecule has 2 saturated heterocycles. The molecule has 2 aromatic carbocycles. The van der Waals surface area contributed by atoms with Gasteiger partial charge in [-0.25, -0.2) is 4.79 Å². The molecule has 2 aromatic rings. The standard InChI is InChI=1S/C23H25N3O4/c27-20(24-15-19-12-7-13-30-19)16-26-21(28)23(25-22(26)29,18-10-5-2-6-11-18)14-17-8-3-1-4-9-17/h1-6,8-11,19H,7,12-16H2,(H,24,27)(H,25,29). The number of amides is 4. The second-order valence-corrected chi connectivity index (χ2v) is 7.69. The normalized spacial score (nSPS) is 23.5. The summed E-state index contributed by atoms with van der Waals surface area (Å²) in [7, 11) is 0. The number of benzene rings is 2. The molecule has 2 unspecified atom stereocenters. The summed E-state index contributed by atoms with van der Waals surface area (Å²) in [5, 5.41) is 5.64. The van der Waals surface area contributed by atoms with Crippen molar-refractivity contribution in [1.29, 1.82) is 0 Å². The molecule has 2 heterocycles. The largest absolute Gasteiger partial charge is 0.376 e. The molecular weight excluding hydrogens is 382 g/mol. The molecular formula is C23H25N3O4. The van der Waals surface area contributed by atoms with Crippen LogP contribution in [-0.4, -0.2) is 48.5 Å². The number of imide groups is 1. The number of urea groups is 1. The Morgan fingerprint density at radius 3 is 2.47 bits per heavy atom. The van der Waals surface area contributed by atoms with Gasteiger partial charge in [0.05, 0.1) is 6.10 Å².